The molecule has 1 saturated carbocycles. The molecule has 174 valence electrons. The number of ether oxygens (including phenoxy) is 1. The van der Waals surface area contributed by atoms with Crippen LogP contribution < -0.4 is 4.74 Å². The summed E-state index contributed by atoms with van der Waals surface area (Å²) in [6.07, 6.45) is 6.03. The summed E-state index contributed by atoms with van der Waals surface area (Å²) in [5, 5.41) is 9.24. The molecule has 1 aromatic carbocycles. The molecule has 0 spiro atoms. The molecule has 2 aliphatic heterocycles. The van der Waals surface area contributed by atoms with Gasteiger partial charge >= 0.3 is 0 Å². The Hall–Kier alpha value is -2.38. The average Bonchev–Trinajstić information content (AvgIpc) is 3.09. The molecule has 1 N–H and O–H groups in total. The topological polar surface area (TPSA) is 73.3 Å². The lowest BCUT2D eigenvalue weighted by Crippen LogP contribution is -2.49. The minimum atomic E-state index is -0.156. The van der Waals surface area contributed by atoms with E-state index in [0.717, 1.165) is 56.5 Å². The Labute approximate surface area is 190 Å². The summed E-state index contributed by atoms with van der Waals surface area (Å²) < 4.78 is 5.70. The summed E-state index contributed by atoms with van der Waals surface area (Å²) in [6.45, 7) is 6.38. The van der Waals surface area contributed by atoms with Crippen molar-refractivity contribution >= 4 is 17.4 Å². The SMILES string of the molecule is CCCOc1ccc(C2=C(N3CCN(CCO)CC3)C(=O)N(C3CCCCC3)C2=O)cc1. The third kappa shape index (κ3) is 4.69. The van der Waals surface area contributed by atoms with Gasteiger partial charge < -0.3 is 14.7 Å². The van der Waals surface area contributed by atoms with E-state index in [2.05, 4.69) is 16.7 Å². The highest BCUT2D eigenvalue weighted by Crippen LogP contribution is 2.36. The van der Waals surface area contributed by atoms with E-state index in [1.54, 1.807) is 4.90 Å². The van der Waals surface area contributed by atoms with Gasteiger partial charge in [0.05, 0.1) is 18.8 Å². The summed E-state index contributed by atoms with van der Waals surface area (Å²) in [5.74, 6) is 0.479. The molecule has 2 amide bonds. The summed E-state index contributed by atoms with van der Waals surface area (Å²) in [7, 11) is 0. The van der Waals surface area contributed by atoms with Gasteiger partial charge in [-0.05, 0) is 37.0 Å². The molecule has 3 aliphatic rings. The maximum atomic E-state index is 13.6. The molecule has 0 aromatic heterocycles. The average molecular weight is 442 g/mol. The molecular weight excluding hydrogens is 406 g/mol. The Bertz CT molecular complexity index is 837. The Morgan fingerprint density at radius 1 is 0.969 bits per heavy atom. The van der Waals surface area contributed by atoms with E-state index in [9.17, 15) is 14.7 Å². The van der Waals surface area contributed by atoms with Crippen molar-refractivity contribution in [2.24, 2.45) is 0 Å². The lowest BCUT2D eigenvalue weighted by molar-refractivity contribution is -0.141. The molecular formula is C25H35N3O4. The van der Waals surface area contributed by atoms with Crippen LogP contribution in [0.15, 0.2) is 30.0 Å². The van der Waals surface area contributed by atoms with E-state index in [-0.39, 0.29) is 24.5 Å². The van der Waals surface area contributed by atoms with Crippen LogP contribution in [0, 0.1) is 0 Å². The smallest absolute Gasteiger partial charge is 0.278 e. The number of β-amino-alcohol motifs (C(OH)–C–C–N with tert-alkyl or cyclic N) is 1. The number of imide groups is 1. The van der Waals surface area contributed by atoms with Crippen molar-refractivity contribution in [3.05, 3.63) is 35.5 Å². The van der Waals surface area contributed by atoms with Crippen LogP contribution in [-0.4, -0.2) is 83.6 Å². The van der Waals surface area contributed by atoms with Crippen LogP contribution in [0.4, 0.5) is 0 Å². The molecule has 0 atom stereocenters. The van der Waals surface area contributed by atoms with Crippen molar-refractivity contribution in [1.29, 1.82) is 0 Å². The van der Waals surface area contributed by atoms with Gasteiger partial charge in [0.25, 0.3) is 11.8 Å². The minimum Gasteiger partial charge on any atom is -0.494 e. The molecule has 0 unspecified atom stereocenters. The maximum absolute atomic E-state index is 13.6. The van der Waals surface area contributed by atoms with E-state index >= 15 is 0 Å². The van der Waals surface area contributed by atoms with Gasteiger partial charge in [-0.2, -0.15) is 0 Å². The molecule has 7 heteroatoms. The highest BCUT2D eigenvalue weighted by molar-refractivity contribution is 6.35. The number of benzene rings is 1. The zero-order valence-electron chi connectivity index (χ0n) is 19.1. The zero-order chi connectivity index (χ0) is 22.5. The van der Waals surface area contributed by atoms with E-state index < -0.39 is 0 Å². The summed E-state index contributed by atoms with van der Waals surface area (Å²) in [6, 6.07) is 7.57. The van der Waals surface area contributed by atoms with Crippen molar-refractivity contribution < 1.29 is 19.4 Å². The highest BCUT2D eigenvalue weighted by Gasteiger charge is 2.45. The fraction of sp³-hybridized carbons (Fsp3) is 0.600. The first-order valence-corrected chi connectivity index (χ1v) is 12.1. The van der Waals surface area contributed by atoms with Crippen molar-refractivity contribution in [2.75, 3.05) is 45.9 Å². The van der Waals surface area contributed by atoms with Crippen LogP contribution in [-0.2, 0) is 9.59 Å². The fourth-order valence-corrected chi connectivity index (χ4v) is 5.03. The summed E-state index contributed by atoms with van der Waals surface area (Å²) >= 11 is 0. The number of hydrogen-bond donors (Lipinski definition) is 1. The van der Waals surface area contributed by atoms with Crippen LogP contribution in [0.1, 0.15) is 51.0 Å². The van der Waals surface area contributed by atoms with E-state index in [1.165, 1.54) is 6.42 Å². The van der Waals surface area contributed by atoms with Crippen molar-refractivity contribution in [2.45, 2.75) is 51.5 Å². The number of carbonyl (C=O) groups excluding carboxylic acids is 2. The first-order chi connectivity index (χ1) is 15.6. The van der Waals surface area contributed by atoms with Crippen molar-refractivity contribution in [3.8, 4) is 5.75 Å². The van der Waals surface area contributed by atoms with Crippen LogP contribution in [0.25, 0.3) is 5.57 Å². The fourth-order valence-electron chi connectivity index (χ4n) is 5.03. The number of nitrogens with zero attached hydrogens (tertiary/aromatic N) is 3. The van der Waals surface area contributed by atoms with Gasteiger partial charge in [0.2, 0.25) is 0 Å². The monoisotopic (exact) mass is 441 g/mol. The summed E-state index contributed by atoms with van der Waals surface area (Å²) in [4.78, 5) is 33.1. The highest BCUT2D eigenvalue weighted by atomic mass is 16.5. The number of aliphatic hydroxyl groups excluding tert-OH is 1. The third-order valence-electron chi connectivity index (χ3n) is 6.75. The standard InChI is InChI=1S/C25H35N3O4/c1-2-18-32-21-10-8-19(9-11-21)22-23(27-14-12-26(13-15-27)16-17-29)25(31)28(24(22)30)20-6-4-3-5-7-20/h8-11,20,29H,2-7,12-18H2,1H3. The molecule has 4 rings (SSSR count). The predicted molar refractivity (Wildman–Crippen MR) is 123 cm³/mol. The zero-order valence-corrected chi connectivity index (χ0v) is 19.1. The van der Waals surface area contributed by atoms with E-state index in [1.807, 2.05) is 24.3 Å². The molecule has 32 heavy (non-hydrogen) atoms. The molecule has 2 fully saturated rings. The Morgan fingerprint density at radius 2 is 1.66 bits per heavy atom. The molecule has 0 bridgehead atoms. The lowest BCUT2D eigenvalue weighted by atomic mass is 9.94. The molecule has 0 radical (unpaired) electrons. The number of amides is 2. The third-order valence-corrected chi connectivity index (χ3v) is 6.75. The second-order valence-electron chi connectivity index (χ2n) is 8.92. The van der Waals surface area contributed by atoms with Gasteiger partial charge in [-0.15, -0.1) is 0 Å². The van der Waals surface area contributed by atoms with E-state index in [0.29, 0.717) is 37.5 Å². The first-order valence-electron chi connectivity index (χ1n) is 12.1. The van der Waals surface area contributed by atoms with E-state index in [4.69, 9.17) is 4.74 Å². The normalized spacial score (nSPS) is 21.1. The Balaban J connectivity index is 1.64. The summed E-state index contributed by atoms with van der Waals surface area (Å²) in [5.41, 5.74) is 1.85. The maximum Gasteiger partial charge on any atom is 0.278 e. The number of hydrogen-bond acceptors (Lipinski definition) is 6. The number of aliphatic hydroxyl groups is 1. The molecule has 1 aliphatic carbocycles. The number of carbonyl (C=O) groups is 2. The van der Waals surface area contributed by atoms with Gasteiger partial charge in [-0.25, -0.2) is 0 Å². The van der Waals surface area contributed by atoms with Crippen LogP contribution >= 0.6 is 0 Å². The van der Waals surface area contributed by atoms with Gasteiger partial charge in [0.1, 0.15) is 11.4 Å². The van der Waals surface area contributed by atoms with Gasteiger partial charge in [0.15, 0.2) is 0 Å². The largest absolute Gasteiger partial charge is 0.494 e. The Morgan fingerprint density at radius 3 is 2.28 bits per heavy atom. The predicted octanol–water partition coefficient (Wildman–Crippen LogP) is 2.50. The molecule has 1 saturated heterocycles. The minimum absolute atomic E-state index is 0.000844. The first kappa shape index (κ1) is 22.8. The number of piperazine rings is 1. The van der Waals surface area contributed by atoms with Crippen LogP contribution in [0.3, 0.4) is 0 Å². The van der Waals surface area contributed by atoms with Crippen LogP contribution in [0.2, 0.25) is 0 Å². The van der Waals surface area contributed by atoms with Gasteiger partial charge in [0, 0.05) is 38.8 Å². The Kier molecular flexibility index (Phi) is 7.48. The van der Waals surface area contributed by atoms with Crippen molar-refractivity contribution in [1.82, 2.24) is 14.7 Å². The lowest BCUT2D eigenvalue weighted by Gasteiger charge is -2.36. The van der Waals surface area contributed by atoms with Gasteiger partial charge in [-0.3, -0.25) is 19.4 Å². The second kappa shape index (κ2) is 10.5. The number of rotatable bonds is 8. The van der Waals surface area contributed by atoms with Gasteiger partial charge in [-0.1, -0.05) is 38.3 Å². The quantitative estimate of drug-likeness (QED) is 0.625. The molecule has 1 aromatic rings. The van der Waals surface area contributed by atoms with Crippen molar-refractivity contribution in [3.63, 3.8) is 0 Å². The molecule has 7 nitrogen and oxygen atoms in total. The molecule has 2 heterocycles. The second-order valence-corrected chi connectivity index (χ2v) is 8.92. The van der Waals surface area contributed by atoms with Crippen LogP contribution in [0.5, 0.6) is 5.75 Å².